The van der Waals surface area contributed by atoms with E-state index >= 15 is 0 Å². The summed E-state index contributed by atoms with van der Waals surface area (Å²) in [6.45, 7) is 4.74. The molecule has 0 radical (unpaired) electrons. The molecule has 0 unspecified atom stereocenters. The zero-order chi connectivity index (χ0) is 15.1. The summed E-state index contributed by atoms with van der Waals surface area (Å²) in [4.78, 5) is 24.1. The number of likely N-dealkylation sites (N-methyl/N-ethyl adjacent to an activating group) is 1. The lowest BCUT2D eigenvalue weighted by Crippen LogP contribution is -2.33. The molecule has 0 aliphatic heterocycles. The summed E-state index contributed by atoms with van der Waals surface area (Å²) < 4.78 is 0. The van der Waals surface area contributed by atoms with Crippen LogP contribution in [0.25, 0.3) is 0 Å². The predicted octanol–water partition coefficient (Wildman–Crippen LogP) is 1.48. The number of aliphatic hydroxyl groups is 1. The molecule has 0 aliphatic rings. The van der Waals surface area contributed by atoms with E-state index in [9.17, 15) is 14.9 Å². The number of amides is 1. The highest BCUT2D eigenvalue weighted by atomic mass is 16.6. The van der Waals surface area contributed by atoms with Crippen LogP contribution in [0, 0.1) is 10.1 Å². The molecule has 7 heteroatoms. The monoisotopic (exact) mass is 281 g/mol. The van der Waals surface area contributed by atoms with Crippen molar-refractivity contribution in [2.24, 2.45) is 0 Å². The maximum atomic E-state index is 12.2. The normalized spacial score (nSPS) is 10.2. The summed E-state index contributed by atoms with van der Waals surface area (Å²) in [5.74, 6) is -0.254. The van der Waals surface area contributed by atoms with Crippen LogP contribution in [-0.4, -0.2) is 47.1 Å². The van der Waals surface area contributed by atoms with E-state index in [0.717, 1.165) is 0 Å². The third-order valence-electron chi connectivity index (χ3n) is 2.85. The molecule has 7 nitrogen and oxygen atoms in total. The van der Waals surface area contributed by atoms with Gasteiger partial charge in [0.1, 0.15) is 5.69 Å². The molecular weight excluding hydrogens is 262 g/mol. The Hall–Kier alpha value is -2.15. The molecule has 0 heterocycles. The first-order valence-corrected chi connectivity index (χ1v) is 6.47. The number of nitrogens with zero attached hydrogens (tertiary/aromatic N) is 2. The van der Waals surface area contributed by atoms with Crippen molar-refractivity contribution in [3.8, 4) is 0 Å². The number of carbonyl (C=O) groups is 1. The zero-order valence-corrected chi connectivity index (χ0v) is 11.6. The largest absolute Gasteiger partial charge is 0.395 e. The van der Waals surface area contributed by atoms with Crippen LogP contribution in [-0.2, 0) is 0 Å². The lowest BCUT2D eigenvalue weighted by Gasteiger charge is -2.20. The fourth-order valence-corrected chi connectivity index (χ4v) is 1.87. The van der Waals surface area contributed by atoms with Gasteiger partial charge in [-0.25, -0.2) is 0 Å². The molecule has 1 aromatic rings. The average Bonchev–Trinajstić information content (AvgIpc) is 2.44. The van der Waals surface area contributed by atoms with Crippen LogP contribution >= 0.6 is 0 Å². The number of rotatable bonds is 7. The smallest absolute Gasteiger partial charge is 0.292 e. The van der Waals surface area contributed by atoms with Gasteiger partial charge in [0.15, 0.2) is 0 Å². The highest BCUT2D eigenvalue weighted by molar-refractivity contribution is 5.96. The second-order valence-corrected chi connectivity index (χ2v) is 4.13. The molecule has 0 fully saturated rings. The van der Waals surface area contributed by atoms with Gasteiger partial charge in [-0.05, 0) is 26.0 Å². The maximum Gasteiger partial charge on any atom is 0.292 e. The quantitative estimate of drug-likeness (QED) is 0.583. The first-order chi connectivity index (χ1) is 9.54. The molecule has 2 N–H and O–H groups in total. The van der Waals surface area contributed by atoms with E-state index < -0.39 is 4.92 Å². The lowest BCUT2D eigenvalue weighted by atomic mass is 10.1. The number of aliphatic hydroxyl groups excluding tert-OH is 1. The van der Waals surface area contributed by atoms with Crippen molar-refractivity contribution >= 4 is 17.3 Å². The second kappa shape index (κ2) is 7.44. The Balaban J connectivity index is 3.10. The van der Waals surface area contributed by atoms with Gasteiger partial charge >= 0.3 is 0 Å². The van der Waals surface area contributed by atoms with Crippen molar-refractivity contribution < 1.29 is 14.8 Å². The summed E-state index contributed by atoms with van der Waals surface area (Å²) in [5.41, 5.74) is 0.624. The van der Waals surface area contributed by atoms with Crippen LogP contribution < -0.4 is 5.32 Å². The number of carbonyl (C=O) groups excluding carboxylic acids is 1. The van der Waals surface area contributed by atoms with Crippen LogP contribution in [0.5, 0.6) is 0 Å². The first-order valence-electron chi connectivity index (χ1n) is 6.47. The van der Waals surface area contributed by atoms with E-state index in [1.807, 2.05) is 13.8 Å². The molecule has 1 amide bonds. The Morgan fingerprint density at radius 3 is 2.65 bits per heavy atom. The zero-order valence-electron chi connectivity index (χ0n) is 11.6. The van der Waals surface area contributed by atoms with Gasteiger partial charge in [-0.3, -0.25) is 14.9 Å². The fraction of sp³-hybridized carbons (Fsp3) is 0.462. The number of hydrogen-bond acceptors (Lipinski definition) is 5. The highest BCUT2D eigenvalue weighted by Gasteiger charge is 2.19. The second-order valence-electron chi connectivity index (χ2n) is 4.13. The first kappa shape index (κ1) is 15.9. The van der Waals surface area contributed by atoms with Crippen molar-refractivity contribution in [2.45, 2.75) is 13.8 Å². The maximum absolute atomic E-state index is 12.2. The highest BCUT2D eigenvalue weighted by Crippen LogP contribution is 2.25. The molecule has 0 bridgehead atoms. The minimum absolute atomic E-state index is 0.0615. The number of nitro groups is 1. The number of benzene rings is 1. The van der Waals surface area contributed by atoms with Gasteiger partial charge in [0.25, 0.3) is 11.6 Å². The molecule has 1 rings (SSSR count). The van der Waals surface area contributed by atoms with Gasteiger partial charge in [0.2, 0.25) is 0 Å². The SMILES string of the molecule is CCNc1cc(C(=O)N(CC)CCO)ccc1[N+](=O)[O-]. The van der Waals surface area contributed by atoms with Crippen LogP contribution in [0.2, 0.25) is 0 Å². The molecule has 20 heavy (non-hydrogen) atoms. The Morgan fingerprint density at radius 2 is 2.15 bits per heavy atom. The number of hydrogen-bond donors (Lipinski definition) is 2. The summed E-state index contributed by atoms with van der Waals surface area (Å²) in [7, 11) is 0. The Labute approximate surface area is 117 Å². The molecule has 1 aromatic carbocycles. The van der Waals surface area contributed by atoms with E-state index in [-0.39, 0.29) is 24.7 Å². The van der Waals surface area contributed by atoms with Crippen molar-refractivity contribution in [1.29, 1.82) is 0 Å². The van der Waals surface area contributed by atoms with Crippen LogP contribution in [0.1, 0.15) is 24.2 Å². The van der Waals surface area contributed by atoms with Crippen molar-refractivity contribution in [3.63, 3.8) is 0 Å². The topological polar surface area (TPSA) is 95.7 Å². The molecule has 0 aliphatic carbocycles. The van der Waals surface area contributed by atoms with Gasteiger partial charge in [0.05, 0.1) is 11.5 Å². The van der Waals surface area contributed by atoms with Gasteiger partial charge in [-0.1, -0.05) is 0 Å². The van der Waals surface area contributed by atoms with Crippen LogP contribution in [0.4, 0.5) is 11.4 Å². The number of anilines is 1. The van der Waals surface area contributed by atoms with Crippen molar-refractivity contribution in [3.05, 3.63) is 33.9 Å². The fourth-order valence-electron chi connectivity index (χ4n) is 1.87. The average molecular weight is 281 g/mol. The Morgan fingerprint density at radius 1 is 1.45 bits per heavy atom. The number of nitro benzene ring substituents is 1. The minimum atomic E-state index is -0.489. The Kier molecular flexibility index (Phi) is 5.92. The molecular formula is C13H19N3O4. The third-order valence-corrected chi connectivity index (χ3v) is 2.85. The van der Waals surface area contributed by atoms with Gasteiger partial charge in [-0.2, -0.15) is 0 Å². The van der Waals surface area contributed by atoms with Crippen LogP contribution in [0.15, 0.2) is 18.2 Å². The molecule has 0 saturated heterocycles. The molecule has 110 valence electrons. The van der Waals surface area contributed by atoms with E-state index in [0.29, 0.717) is 24.3 Å². The van der Waals surface area contributed by atoms with E-state index in [1.54, 1.807) is 0 Å². The van der Waals surface area contributed by atoms with E-state index in [2.05, 4.69) is 5.32 Å². The Bertz CT molecular complexity index is 491. The van der Waals surface area contributed by atoms with Crippen LogP contribution in [0.3, 0.4) is 0 Å². The number of nitrogens with one attached hydrogen (secondary N) is 1. The minimum Gasteiger partial charge on any atom is -0.395 e. The molecule has 0 aromatic heterocycles. The van der Waals surface area contributed by atoms with Gasteiger partial charge in [-0.15, -0.1) is 0 Å². The standard InChI is InChI=1S/C13H19N3O4/c1-3-14-11-9-10(5-6-12(11)16(19)20)13(18)15(4-2)7-8-17/h5-6,9,14,17H,3-4,7-8H2,1-2H3. The van der Waals surface area contributed by atoms with Gasteiger partial charge < -0.3 is 15.3 Å². The molecule has 0 atom stereocenters. The molecule has 0 saturated carbocycles. The van der Waals surface area contributed by atoms with Gasteiger partial charge in [0, 0.05) is 31.3 Å². The van der Waals surface area contributed by atoms with E-state index in [1.165, 1.54) is 23.1 Å². The van der Waals surface area contributed by atoms with E-state index in [4.69, 9.17) is 5.11 Å². The molecule has 0 spiro atoms. The summed E-state index contributed by atoms with van der Waals surface area (Å²) in [6, 6.07) is 4.23. The summed E-state index contributed by atoms with van der Waals surface area (Å²) in [5, 5.41) is 22.7. The van der Waals surface area contributed by atoms with Crippen molar-refractivity contribution in [1.82, 2.24) is 4.90 Å². The summed E-state index contributed by atoms with van der Waals surface area (Å²) in [6.07, 6.45) is 0. The predicted molar refractivity (Wildman–Crippen MR) is 75.9 cm³/mol. The third kappa shape index (κ3) is 3.67. The lowest BCUT2D eigenvalue weighted by molar-refractivity contribution is -0.384. The van der Waals surface area contributed by atoms with Crippen molar-refractivity contribution in [2.75, 3.05) is 31.6 Å². The summed E-state index contributed by atoms with van der Waals surface area (Å²) >= 11 is 0.